The van der Waals surface area contributed by atoms with Crippen LogP contribution in [0.25, 0.3) is 16.5 Å². The van der Waals surface area contributed by atoms with Gasteiger partial charge in [0.25, 0.3) is 11.7 Å². The van der Waals surface area contributed by atoms with Crippen LogP contribution in [0.2, 0.25) is 0 Å². The highest BCUT2D eigenvalue weighted by Crippen LogP contribution is 2.41. The van der Waals surface area contributed by atoms with Gasteiger partial charge < -0.3 is 14.7 Å². The number of carbonyl (C=O) groups excluding carboxylic acids is 2. The van der Waals surface area contributed by atoms with E-state index in [1.165, 1.54) is 4.90 Å². The first-order valence-corrected chi connectivity index (χ1v) is 11.0. The molecule has 0 radical (unpaired) electrons. The molecule has 1 heterocycles. The number of benzene rings is 4. The van der Waals surface area contributed by atoms with Gasteiger partial charge in [-0.2, -0.15) is 0 Å². The fourth-order valence-corrected chi connectivity index (χ4v) is 4.53. The molecule has 1 amide bonds. The van der Waals surface area contributed by atoms with Crippen LogP contribution in [0, 0.1) is 0 Å². The van der Waals surface area contributed by atoms with E-state index in [0.717, 1.165) is 21.9 Å². The average molecular weight is 450 g/mol. The van der Waals surface area contributed by atoms with Gasteiger partial charge in [0.1, 0.15) is 11.5 Å². The Bertz CT molecular complexity index is 1400. The smallest absolute Gasteiger partial charge is 0.295 e. The number of carbonyl (C=O) groups is 2. The Labute approximate surface area is 197 Å². The minimum atomic E-state index is -0.706. The number of likely N-dealkylation sites (tertiary alicyclic amines) is 1. The highest BCUT2D eigenvalue weighted by Gasteiger charge is 2.46. The third kappa shape index (κ3) is 3.71. The second kappa shape index (κ2) is 8.87. The summed E-state index contributed by atoms with van der Waals surface area (Å²) in [5.41, 5.74) is 2.24. The molecule has 1 aliphatic heterocycles. The molecule has 5 rings (SSSR count). The normalized spacial score (nSPS) is 17.3. The molecule has 1 aliphatic rings. The van der Waals surface area contributed by atoms with Gasteiger partial charge in [0.05, 0.1) is 18.7 Å². The Morgan fingerprint density at radius 1 is 0.853 bits per heavy atom. The van der Waals surface area contributed by atoms with Crippen molar-refractivity contribution < 1.29 is 19.4 Å². The lowest BCUT2D eigenvalue weighted by Crippen LogP contribution is -2.29. The summed E-state index contributed by atoms with van der Waals surface area (Å²) in [6.45, 7) is 0.223. The lowest BCUT2D eigenvalue weighted by Gasteiger charge is -2.25. The van der Waals surface area contributed by atoms with E-state index in [1.54, 1.807) is 13.2 Å². The number of fused-ring (bicyclic) bond motifs is 1. The van der Waals surface area contributed by atoms with Gasteiger partial charge in [0.15, 0.2) is 0 Å². The molecule has 1 fully saturated rings. The highest BCUT2D eigenvalue weighted by molar-refractivity contribution is 6.46. The van der Waals surface area contributed by atoms with E-state index in [-0.39, 0.29) is 17.9 Å². The van der Waals surface area contributed by atoms with Gasteiger partial charge in [-0.05, 0) is 34.0 Å². The third-order valence-corrected chi connectivity index (χ3v) is 6.21. The van der Waals surface area contributed by atoms with Crippen LogP contribution >= 0.6 is 0 Å². The van der Waals surface area contributed by atoms with Crippen LogP contribution in [0.15, 0.2) is 103 Å². The number of aliphatic hydroxyl groups is 1. The predicted molar refractivity (Wildman–Crippen MR) is 131 cm³/mol. The second-order valence-electron chi connectivity index (χ2n) is 8.21. The van der Waals surface area contributed by atoms with Gasteiger partial charge in [-0.3, -0.25) is 9.59 Å². The quantitative estimate of drug-likeness (QED) is 0.249. The van der Waals surface area contributed by atoms with Crippen LogP contribution in [-0.4, -0.2) is 28.8 Å². The lowest BCUT2D eigenvalue weighted by atomic mass is 9.93. The summed E-state index contributed by atoms with van der Waals surface area (Å²) in [5, 5.41) is 13.2. The number of ketones is 1. The maximum Gasteiger partial charge on any atom is 0.295 e. The number of methoxy groups -OCH3 is 1. The molecule has 4 aromatic rings. The van der Waals surface area contributed by atoms with E-state index < -0.39 is 17.7 Å². The zero-order valence-electron chi connectivity index (χ0n) is 18.6. The molecule has 1 unspecified atom stereocenters. The Hall–Kier alpha value is -4.38. The summed E-state index contributed by atoms with van der Waals surface area (Å²) < 4.78 is 5.23. The van der Waals surface area contributed by atoms with Crippen molar-refractivity contribution in [3.63, 3.8) is 0 Å². The molecule has 0 saturated carbocycles. The van der Waals surface area contributed by atoms with Crippen molar-refractivity contribution in [3.05, 3.63) is 119 Å². The molecular formula is C29H23NO4. The summed E-state index contributed by atoms with van der Waals surface area (Å²) in [6.07, 6.45) is 0. The van der Waals surface area contributed by atoms with E-state index in [1.807, 2.05) is 91.0 Å². The van der Waals surface area contributed by atoms with Crippen LogP contribution in [0.1, 0.15) is 22.7 Å². The van der Waals surface area contributed by atoms with Gasteiger partial charge in [-0.1, -0.05) is 84.9 Å². The molecule has 4 aromatic carbocycles. The van der Waals surface area contributed by atoms with Crippen LogP contribution in [-0.2, 0) is 16.1 Å². The zero-order valence-corrected chi connectivity index (χ0v) is 18.6. The van der Waals surface area contributed by atoms with Crippen molar-refractivity contribution in [2.45, 2.75) is 12.6 Å². The largest absolute Gasteiger partial charge is 0.507 e. The number of ether oxygens (including phenoxy) is 1. The standard InChI is InChI=1S/C29H23NO4/c1-34-22-16-14-19(15-17-22)18-30-26(21-9-3-2-4-10-21)25(28(32)29(30)33)27(31)24-13-7-11-20-8-5-6-12-23(20)24/h2-17,26,31H,18H2,1H3/b27-25-. The first-order valence-electron chi connectivity index (χ1n) is 11.0. The van der Waals surface area contributed by atoms with E-state index in [0.29, 0.717) is 11.3 Å². The number of rotatable bonds is 5. The van der Waals surface area contributed by atoms with Crippen molar-refractivity contribution >= 4 is 28.2 Å². The van der Waals surface area contributed by atoms with Crippen molar-refractivity contribution in [1.82, 2.24) is 4.90 Å². The van der Waals surface area contributed by atoms with Crippen molar-refractivity contribution in [2.24, 2.45) is 0 Å². The van der Waals surface area contributed by atoms with Crippen LogP contribution < -0.4 is 4.74 Å². The first kappa shape index (κ1) is 21.5. The Morgan fingerprint density at radius 3 is 2.26 bits per heavy atom. The van der Waals surface area contributed by atoms with Gasteiger partial charge in [-0.15, -0.1) is 0 Å². The van der Waals surface area contributed by atoms with Gasteiger partial charge >= 0.3 is 0 Å². The van der Waals surface area contributed by atoms with E-state index in [4.69, 9.17) is 4.74 Å². The first-order chi connectivity index (χ1) is 16.6. The number of hydrogen-bond donors (Lipinski definition) is 1. The summed E-state index contributed by atoms with van der Waals surface area (Å²) in [5.74, 6) is -0.776. The molecule has 0 aliphatic carbocycles. The number of nitrogens with zero attached hydrogens (tertiary/aromatic N) is 1. The molecule has 1 atom stereocenters. The predicted octanol–water partition coefficient (Wildman–Crippen LogP) is 5.47. The van der Waals surface area contributed by atoms with E-state index in [9.17, 15) is 14.7 Å². The molecule has 0 spiro atoms. The molecule has 1 N–H and O–H groups in total. The molecule has 5 heteroatoms. The summed E-state index contributed by atoms with van der Waals surface area (Å²) in [4.78, 5) is 28.1. The molecule has 0 bridgehead atoms. The highest BCUT2D eigenvalue weighted by atomic mass is 16.5. The monoisotopic (exact) mass is 449 g/mol. The molecule has 34 heavy (non-hydrogen) atoms. The lowest BCUT2D eigenvalue weighted by molar-refractivity contribution is -0.140. The molecule has 5 nitrogen and oxygen atoms in total. The molecule has 168 valence electrons. The molecule has 0 aromatic heterocycles. The van der Waals surface area contributed by atoms with Crippen molar-refractivity contribution in [2.75, 3.05) is 7.11 Å². The molecular weight excluding hydrogens is 426 g/mol. The fraction of sp³-hybridized carbons (Fsp3) is 0.103. The van der Waals surface area contributed by atoms with Crippen molar-refractivity contribution in [3.8, 4) is 5.75 Å². The van der Waals surface area contributed by atoms with Gasteiger partial charge in [-0.25, -0.2) is 0 Å². The minimum absolute atomic E-state index is 0.0982. The Morgan fingerprint density at radius 2 is 1.53 bits per heavy atom. The average Bonchev–Trinajstić information content (AvgIpc) is 3.14. The maximum absolute atomic E-state index is 13.3. The van der Waals surface area contributed by atoms with Crippen molar-refractivity contribution in [1.29, 1.82) is 0 Å². The Balaban J connectivity index is 1.66. The number of amides is 1. The summed E-state index contributed by atoms with van der Waals surface area (Å²) in [7, 11) is 1.59. The van der Waals surface area contributed by atoms with E-state index in [2.05, 4.69) is 0 Å². The topological polar surface area (TPSA) is 66.8 Å². The second-order valence-corrected chi connectivity index (χ2v) is 8.21. The number of Topliss-reactive ketones (excluding diaryl/α,β-unsaturated/α-hetero) is 1. The maximum atomic E-state index is 13.3. The number of aliphatic hydroxyl groups excluding tert-OH is 1. The third-order valence-electron chi connectivity index (χ3n) is 6.21. The van der Waals surface area contributed by atoms with Gasteiger partial charge in [0.2, 0.25) is 0 Å². The number of hydrogen-bond acceptors (Lipinski definition) is 4. The Kier molecular flexibility index (Phi) is 5.60. The fourth-order valence-electron chi connectivity index (χ4n) is 4.53. The zero-order chi connectivity index (χ0) is 23.7. The molecule has 1 saturated heterocycles. The SMILES string of the molecule is COc1ccc(CN2C(=O)C(=O)/C(=C(\O)c3cccc4ccccc34)C2c2ccccc2)cc1. The summed E-state index contributed by atoms with van der Waals surface area (Å²) >= 11 is 0. The minimum Gasteiger partial charge on any atom is -0.507 e. The van der Waals surface area contributed by atoms with Crippen LogP contribution in [0.3, 0.4) is 0 Å². The van der Waals surface area contributed by atoms with Gasteiger partial charge in [0, 0.05) is 12.1 Å². The van der Waals surface area contributed by atoms with Crippen LogP contribution in [0.5, 0.6) is 5.75 Å². The van der Waals surface area contributed by atoms with Crippen LogP contribution in [0.4, 0.5) is 0 Å². The van der Waals surface area contributed by atoms with E-state index >= 15 is 0 Å². The summed E-state index contributed by atoms with van der Waals surface area (Å²) in [6, 6.07) is 29.2.